The summed E-state index contributed by atoms with van der Waals surface area (Å²) in [6.45, 7) is 3.48. The SMILES string of the molecule is CCCCCCCCCC/C=C\CCCCCCCCC(O)C(=O)NC(COC1OC(CO)C(O)C(O)C1O)C(O)C(O)CCCCCCCCCCCCCCCCCCCCCCCCC. The van der Waals surface area contributed by atoms with Gasteiger partial charge in [0.1, 0.15) is 36.6 Å². The lowest BCUT2D eigenvalue weighted by atomic mass is 9.98. The molecule has 1 aliphatic rings. The number of aliphatic hydroxyl groups is 7. The monoisotopic (exact) mass is 970 g/mol. The molecule has 0 aromatic heterocycles. The highest BCUT2D eigenvalue weighted by Crippen LogP contribution is 2.23. The van der Waals surface area contributed by atoms with Crippen LogP contribution in [0.15, 0.2) is 12.2 Å². The van der Waals surface area contributed by atoms with Gasteiger partial charge in [0.05, 0.1) is 25.4 Å². The van der Waals surface area contributed by atoms with Crippen LogP contribution in [0.4, 0.5) is 0 Å². The molecule has 0 aromatic carbocycles. The van der Waals surface area contributed by atoms with Crippen LogP contribution in [0.1, 0.15) is 277 Å². The van der Waals surface area contributed by atoms with Crippen LogP contribution in [0.25, 0.3) is 0 Å². The molecular weight excluding hydrogens is 859 g/mol. The molecule has 0 bridgehead atoms. The first-order valence-corrected chi connectivity index (χ1v) is 29.1. The highest BCUT2D eigenvalue weighted by atomic mass is 16.7. The quantitative estimate of drug-likeness (QED) is 0.0215. The number of hydrogen-bond acceptors (Lipinski definition) is 10. The van der Waals surface area contributed by atoms with Gasteiger partial charge in [-0.15, -0.1) is 0 Å². The third kappa shape index (κ3) is 35.1. The highest BCUT2D eigenvalue weighted by molar-refractivity contribution is 5.80. The predicted octanol–water partition coefficient (Wildman–Crippen LogP) is 12.0. The second-order valence-corrected chi connectivity index (χ2v) is 20.7. The van der Waals surface area contributed by atoms with E-state index in [9.17, 15) is 40.5 Å². The zero-order valence-electron chi connectivity index (χ0n) is 44.1. The van der Waals surface area contributed by atoms with Crippen LogP contribution in [0.3, 0.4) is 0 Å². The minimum absolute atomic E-state index is 0.256. The summed E-state index contributed by atoms with van der Waals surface area (Å²) in [5.74, 6) is -0.697. The van der Waals surface area contributed by atoms with E-state index in [1.54, 1.807) is 0 Å². The Morgan fingerprint density at radius 3 is 1.24 bits per heavy atom. The van der Waals surface area contributed by atoms with Gasteiger partial charge >= 0.3 is 0 Å². The van der Waals surface area contributed by atoms with Gasteiger partial charge in [0.2, 0.25) is 5.91 Å². The Balaban J connectivity index is 2.31. The number of carbonyl (C=O) groups is 1. The van der Waals surface area contributed by atoms with E-state index in [-0.39, 0.29) is 6.42 Å². The lowest BCUT2D eigenvalue weighted by molar-refractivity contribution is -0.303. The van der Waals surface area contributed by atoms with E-state index in [0.29, 0.717) is 19.3 Å². The minimum atomic E-state index is -1.66. The van der Waals surface area contributed by atoms with E-state index in [4.69, 9.17) is 9.47 Å². The summed E-state index contributed by atoms with van der Waals surface area (Å²) in [4.78, 5) is 13.2. The smallest absolute Gasteiger partial charge is 0.249 e. The minimum Gasteiger partial charge on any atom is -0.394 e. The van der Waals surface area contributed by atoms with Crippen LogP contribution < -0.4 is 5.32 Å². The van der Waals surface area contributed by atoms with Crippen molar-refractivity contribution in [1.82, 2.24) is 5.32 Å². The molecule has 11 heteroatoms. The molecule has 404 valence electrons. The van der Waals surface area contributed by atoms with Crippen LogP contribution in [0.2, 0.25) is 0 Å². The van der Waals surface area contributed by atoms with E-state index in [1.165, 1.54) is 186 Å². The Morgan fingerprint density at radius 1 is 0.500 bits per heavy atom. The van der Waals surface area contributed by atoms with Crippen LogP contribution in [-0.4, -0.2) is 110 Å². The first-order valence-electron chi connectivity index (χ1n) is 29.1. The number of hydrogen-bond donors (Lipinski definition) is 8. The van der Waals surface area contributed by atoms with Gasteiger partial charge in [0, 0.05) is 0 Å². The van der Waals surface area contributed by atoms with Gasteiger partial charge in [-0.1, -0.05) is 251 Å². The fourth-order valence-corrected chi connectivity index (χ4v) is 9.56. The van der Waals surface area contributed by atoms with Gasteiger partial charge in [-0.05, 0) is 38.5 Å². The Bertz CT molecular complexity index is 1110. The standard InChI is InChI=1S/C57H111NO10/c1-3-5-7-9-11-13-15-17-19-21-23-24-25-26-27-29-30-32-34-36-38-40-42-44-49(60)52(62)48(47-67-57-55(65)54(64)53(63)51(46-59)68-57)58-56(66)50(61)45-43-41-39-37-35-33-31-28-22-20-18-16-14-12-10-8-6-4-2/h22,28,48-55,57,59-65H,3-21,23-27,29-47H2,1-2H3,(H,58,66)/b28-22-. The van der Waals surface area contributed by atoms with Crippen molar-refractivity contribution in [2.24, 2.45) is 0 Å². The maximum absolute atomic E-state index is 13.2. The average Bonchev–Trinajstić information content (AvgIpc) is 3.34. The number of aliphatic hydroxyl groups excluding tert-OH is 7. The number of nitrogens with one attached hydrogen (secondary N) is 1. The molecule has 0 spiro atoms. The zero-order chi connectivity index (χ0) is 49.7. The Morgan fingerprint density at radius 2 is 0.853 bits per heavy atom. The molecule has 0 radical (unpaired) electrons. The molecule has 9 atom stereocenters. The van der Waals surface area contributed by atoms with Gasteiger partial charge in [-0.2, -0.15) is 0 Å². The molecule has 1 fully saturated rings. The van der Waals surface area contributed by atoms with Crippen molar-refractivity contribution in [2.75, 3.05) is 13.2 Å². The topological polar surface area (TPSA) is 189 Å². The summed E-state index contributed by atoms with van der Waals surface area (Å²) in [7, 11) is 0. The van der Waals surface area contributed by atoms with E-state index < -0.39 is 74.2 Å². The van der Waals surface area contributed by atoms with Gasteiger partial charge in [0.15, 0.2) is 6.29 Å². The van der Waals surface area contributed by atoms with Crippen molar-refractivity contribution in [3.8, 4) is 0 Å². The number of unbranched alkanes of at least 4 members (excludes halogenated alkanes) is 36. The molecule has 0 aromatic rings. The molecule has 1 aliphatic heterocycles. The maximum atomic E-state index is 13.2. The fourth-order valence-electron chi connectivity index (χ4n) is 9.56. The van der Waals surface area contributed by atoms with Gasteiger partial charge in [0.25, 0.3) is 0 Å². The van der Waals surface area contributed by atoms with E-state index in [2.05, 4.69) is 31.3 Å². The molecular formula is C57H111NO10. The van der Waals surface area contributed by atoms with Crippen molar-refractivity contribution >= 4 is 5.91 Å². The van der Waals surface area contributed by atoms with Crippen LogP contribution in [0.5, 0.6) is 0 Å². The molecule has 9 unspecified atom stereocenters. The van der Waals surface area contributed by atoms with Gasteiger partial charge in [-0.3, -0.25) is 4.79 Å². The van der Waals surface area contributed by atoms with Crippen molar-refractivity contribution in [2.45, 2.75) is 332 Å². The first kappa shape index (κ1) is 64.9. The summed E-state index contributed by atoms with van der Waals surface area (Å²) in [5.41, 5.74) is 0. The zero-order valence-corrected chi connectivity index (χ0v) is 44.1. The number of amides is 1. The molecule has 8 N–H and O–H groups in total. The van der Waals surface area contributed by atoms with Crippen molar-refractivity contribution in [1.29, 1.82) is 0 Å². The summed E-state index contributed by atoms with van der Waals surface area (Å²) < 4.78 is 11.1. The maximum Gasteiger partial charge on any atom is 0.249 e. The van der Waals surface area contributed by atoms with E-state index in [1.807, 2.05) is 0 Å². The van der Waals surface area contributed by atoms with Crippen molar-refractivity contribution in [3.63, 3.8) is 0 Å². The van der Waals surface area contributed by atoms with E-state index >= 15 is 0 Å². The second kappa shape index (κ2) is 46.9. The van der Waals surface area contributed by atoms with Crippen LogP contribution in [0, 0.1) is 0 Å². The largest absolute Gasteiger partial charge is 0.394 e. The second-order valence-electron chi connectivity index (χ2n) is 20.7. The number of ether oxygens (including phenoxy) is 2. The third-order valence-corrected chi connectivity index (χ3v) is 14.3. The van der Waals surface area contributed by atoms with Crippen molar-refractivity contribution in [3.05, 3.63) is 12.2 Å². The lowest BCUT2D eigenvalue weighted by Gasteiger charge is -2.40. The highest BCUT2D eigenvalue weighted by Gasteiger charge is 2.44. The molecule has 1 rings (SSSR count). The fraction of sp³-hybridized carbons (Fsp3) is 0.947. The summed E-state index contributed by atoms with van der Waals surface area (Å²) in [6, 6.07) is -1.17. The van der Waals surface area contributed by atoms with E-state index in [0.717, 1.165) is 51.4 Å². The summed E-state index contributed by atoms with van der Waals surface area (Å²) in [6.07, 6.45) is 42.6. The molecule has 1 saturated heterocycles. The summed E-state index contributed by atoms with van der Waals surface area (Å²) >= 11 is 0. The van der Waals surface area contributed by atoms with Gasteiger partial charge in [-0.25, -0.2) is 0 Å². The Hall–Kier alpha value is -1.15. The Labute approximate surface area is 417 Å². The number of rotatable bonds is 50. The predicted molar refractivity (Wildman–Crippen MR) is 279 cm³/mol. The molecule has 0 saturated carbocycles. The van der Waals surface area contributed by atoms with Crippen LogP contribution in [-0.2, 0) is 14.3 Å². The molecule has 0 aliphatic carbocycles. The van der Waals surface area contributed by atoms with Crippen LogP contribution >= 0.6 is 0 Å². The Kier molecular flexibility index (Phi) is 44.7. The third-order valence-electron chi connectivity index (χ3n) is 14.3. The average molecular weight is 971 g/mol. The molecule has 1 heterocycles. The number of allylic oxidation sites excluding steroid dienone is 2. The molecule has 11 nitrogen and oxygen atoms in total. The number of carbonyl (C=O) groups excluding carboxylic acids is 1. The first-order chi connectivity index (χ1) is 33.2. The normalized spacial score (nSPS) is 20.5. The molecule has 1 amide bonds. The van der Waals surface area contributed by atoms with Gasteiger partial charge < -0.3 is 50.5 Å². The lowest BCUT2D eigenvalue weighted by Crippen LogP contribution is -2.60. The summed E-state index contributed by atoms with van der Waals surface area (Å²) in [5, 5.41) is 76.2. The molecule has 68 heavy (non-hydrogen) atoms. The van der Waals surface area contributed by atoms with Crippen molar-refractivity contribution < 1.29 is 50.0 Å².